The molecule has 4 nitrogen and oxygen atoms in total. The average Bonchev–Trinajstić information content (AvgIpc) is 2.32. The molecular formula is C11H8BrClN2O2S. The zero-order valence-electron chi connectivity index (χ0n) is 8.97. The van der Waals surface area contributed by atoms with E-state index in [1.807, 2.05) is 0 Å². The standard InChI is InChI=1S/C11H8BrClN2O2S/c12-11-6-3-9(7-14-11)15-18(16,17)10-4-1-8(13)2-5-10/h1-7,15H. The Bertz CT molecular complexity index is 642. The molecule has 0 unspecified atom stereocenters. The molecule has 0 amide bonds. The van der Waals surface area contributed by atoms with Gasteiger partial charge in [-0.3, -0.25) is 4.72 Å². The summed E-state index contributed by atoms with van der Waals surface area (Å²) >= 11 is 8.88. The van der Waals surface area contributed by atoms with Gasteiger partial charge in [-0.15, -0.1) is 0 Å². The summed E-state index contributed by atoms with van der Waals surface area (Å²) in [4.78, 5) is 4.09. The van der Waals surface area contributed by atoms with Crippen LogP contribution in [0.5, 0.6) is 0 Å². The van der Waals surface area contributed by atoms with Crippen molar-refractivity contribution in [3.05, 3.63) is 52.2 Å². The minimum Gasteiger partial charge on any atom is -0.278 e. The van der Waals surface area contributed by atoms with Gasteiger partial charge in [-0.05, 0) is 52.3 Å². The fraction of sp³-hybridized carbons (Fsp3) is 0. The third-order valence-corrected chi connectivity index (χ3v) is 4.22. The van der Waals surface area contributed by atoms with E-state index in [0.29, 0.717) is 15.3 Å². The normalized spacial score (nSPS) is 11.2. The molecule has 0 radical (unpaired) electrons. The molecule has 0 aliphatic carbocycles. The predicted molar refractivity (Wildman–Crippen MR) is 74.2 cm³/mol. The van der Waals surface area contributed by atoms with E-state index in [2.05, 4.69) is 25.6 Å². The molecule has 0 bridgehead atoms. The largest absolute Gasteiger partial charge is 0.278 e. The van der Waals surface area contributed by atoms with Gasteiger partial charge >= 0.3 is 0 Å². The number of nitrogens with zero attached hydrogens (tertiary/aromatic N) is 1. The third kappa shape index (κ3) is 3.22. The van der Waals surface area contributed by atoms with Crippen molar-refractivity contribution in [3.63, 3.8) is 0 Å². The van der Waals surface area contributed by atoms with Crippen LogP contribution in [0, 0.1) is 0 Å². The van der Waals surface area contributed by atoms with E-state index in [4.69, 9.17) is 11.6 Å². The van der Waals surface area contributed by atoms with Gasteiger partial charge in [0.05, 0.1) is 16.8 Å². The van der Waals surface area contributed by atoms with Crippen molar-refractivity contribution < 1.29 is 8.42 Å². The van der Waals surface area contributed by atoms with Crippen LogP contribution in [0.3, 0.4) is 0 Å². The summed E-state index contributed by atoms with van der Waals surface area (Å²) in [7, 11) is -3.61. The maximum absolute atomic E-state index is 12.0. The summed E-state index contributed by atoms with van der Waals surface area (Å²) < 4.78 is 27.1. The van der Waals surface area contributed by atoms with Gasteiger partial charge in [0.2, 0.25) is 0 Å². The molecule has 0 aliphatic heterocycles. The highest BCUT2D eigenvalue weighted by atomic mass is 79.9. The summed E-state index contributed by atoms with van der Waals surface area (Å²) in [6, 6.07) is 9.20. The quantitative estimate of drug-likeness (QED) is 0.867. The SMILES string of the molecule is O=S(=O)(Nc1ccc(Br)nc1)c1ccc(Cl)cc1. The zero-order chi connectivity index (χ0) is 13.2. The molecule has 2 rings (SSSR count). The van der Waals surface area contributed by atoms with Crippen LogP contribution in [0.1, 0.15) is 0 Å². The highest BCUT2D eigenvalue weighted by Crippen LogP contribution is 2.18. The minimum atomic E-state index is -3.61. The molecule has 94 valence electrons. The summed E-state index contributed by atoms with van der Waals surface area (Å²) in [5, 5.41) is 0.485. The van der Waals surface area contributed by atoms with E-state index < -0.39 is 10.0 Å². The van der Waals surface area contributed by atoms with Crippen LogP contribution in [0.2, 0.25) is 5.02 Å². The van der Waals surface area contributed by atoms with Crippen molar-refractivity contribution in [2.24, 2.45) is 0 Å². The van der Waals surface area contributed by atoms with Crippen LogP contribution in [-0.2, 0) is 10.0 Å². The van der Waals surface area contributed by atoms with Crippen molar-refractivity contribution in [1.82, 2.24) is 4.98 Å². The number of benzene rings is 1. The molecule has 1 N–H and O–H groups in total. The fourth-order valence-electron chi connectivity index (χ4n) is 1.26. The number of halogens is 2. The number of nitrogens with one attached hydrogen (secondary N) is 1. The monoisotopic (exact) mass is 346 g/mol. The second-order valence-electron chi connectivity index (χ2n) is 3.43. The van der Waals surface area contributed by atoms with Crippen molar-refractivity contribution in [2.75, 3.05) is 4.72 Å². The molecule has 0 atom stereocenters. The Morgan fingerprint density at radius 2 is 1.78 bits per heavy atom. The Kier molecular flexibility index (Phi) is 3.89. The van der Waals surface area contributed by atoms with Gasteiger partial charge in [0.15, 0.2) is 0 Å². The van der Waals surface area contributed by atoms with E-state index in [1.54, 1.807) is 12.1 Å². The van der Waals surface area contributed by atoms with Gasteiger partial charge in [0, 0.05) is 5.02 Å². The molecule has 0 spiro atoms. The third-order valence-electron chi connectivity index (χ3n) is 2.10. The summed E-state index contributed by atoms with van der Waals surface area (Å²) in [6.45, 7) is 0. The van der Waals surface area contributed by atoms with Crippen LogP contribution >= 0.6 is 27.5 Å². The predicted octanol–water partition coefficient (Wildman–Crippen LogP) is 3.30. The molecule has 0 saturated heterocycles. The second-order valence-corrected chi connectivity index (χ2v) is 6.36. The van der Waals surface area contributed by atoms with Gasteiger partial charge in [0.25, 0.3) is 10.0 Å². The van der Waals surface area contributed by atoms with Gasteiger partial charge in [0.1, 0.15) is 4.60 Å². The molecule has 2 aromatic rings. The lowest BCUT2D eigenvalue weighted by Gasteiger charge is -2.07. The minimum absolute atomic E-state index is 0.148. The van der Waals surface area contributed by atoms with Gasteiger partial charge in [-0.2, -0.15) is 0 Å². The Hall–Kier alpha value is -1.11. The highest BCUT2D eigenvalue weighted by Gasteiger charge is 2.13. The first-order valence-electron chi connectivity index (χ1n) is 4.87. The Labute approximate surface area is 118 Å². The number of pyridine rings is 1. The van der Waals surface area contributed by atoms with E-state index in [0.717, 1.165) is 0 Å². The van der Waals surface area contributed by atoms with Crippen LogP contribution in [-0.4, -0.2) is 13.4 Å². The van der Waals surface area contributed by atoms with Gasteiger partial charge in [-0.25, -0.2) is 13.4 Å². The van der Waals surface area contributed by atoms with Crippen molar-refractivity contribution in [3.8, 4) is 0 Å². The maximum atomic E-state index is 12.0. The summed E-state index contributed by atoms with van der Waals surface area (Å²) in [6.07, 6.45) is 1.43. The molecule has 1 aromatic heterocycles. The van der Waals surface area contributed by atoms with E-state index >= 15 is 0 Å². The fourth-order valence-corrected chi connectivity index (χ4v) is 2.67. The average molecular weight is 348 g/mol. The van der Waals surface area contributed by atoms with Crippen molar-refractivity contribution >= 4 is 43.2 Å². The first kappa shape index (κ1) is 13.3. The molecule has 7 heteroatoms. The Morgan fingerprint density at radius 3 is 2.33 bits per heavy atom. The van der Waals surface area contributed by atoms with Crippen molar-refractivity contribution in [2.45, 2.75) is 4.90 Å². The summed E-state index contributed by atoms with van der Waals surface area (Å²) in [5.74, 6) is 0. The topological polar surface area (TPSA) is 59.1 Å². The first-order chi connectivity index (χ1) is 8.47. The van der Waals surface area contributed by atoms with E-state index in [1.165, 1.54) is 30.5 Å². The number of hydrogen-bond donors (Lipinski definition) is 1. The number of aromatic nitrogens is 1. The zero-order valence-corrected chi connectivity index (χ0v) is 12.1. The lowest BCUT2D eigenvalue weighted by atomic mass is 10.4. The number of hydrogen-bond acceptors (Lipinski definition) is 3. The number of rotatable bonds is 3. The van der Waals surface area contributed by atoms with Gasteiger partial charge in [-0.1, -0.05) is 11.6 Å². The Balaban J connectivity index is 2.27. The molecule has 1 aromatic carbocycles. The van der Waals surface area contributed by atoms with E-state index in [-0.39, 0.29) is 4.90 Å². The molecule has 1 heterocycles. The van der Waals surface area contributed by atoms with E-state index in [9.17, 15) is 8.42 Å². The smallest absolute Gasteiger partial charge is 0.261 e. The highest BCUT2D eigenvalue weighted by molar-refractivity contribution is 9.10. The maximum Gasteiger partial charge on any atom is 0.261 e. The molecule has 0 fully saturated rings. The Morgan fingerprint density at radius 1 is 1.11 bits per heavy atom. The number of sulfonamides is 1. The van der Waals surface area contributed by atoms with Crippen LogP contribution < -0.4 is 4.72 Å². The second kappa shape index (κ2) is 5.26. The lowest BCUT2D eigenvalue weighted by Crippen LogP contribution is -2.12. The molecule has 0 aliphatic rings. The molecular weight excluding hydrogens is 340 g/mol. The summed E-state index contributed by atoms with van der Waals surface area (Å²) in [5.41, 5.74) is 0.396. The molecule has 18 heavy (non-hydrogen) atoms. The molecule has 0 saturated carbocycles. The van der Waals surface area contributed by atoms with Crippen LogP contribution in [0.25, 0.3) is 0 Å². The van der Waals surface area contributed by atoms with Crippen molar-refractivity contribution in [1.29, 1.82) is 0 Å². The van der Waals surface area contributed by atoms with Crippen LogP contribution in [0.15, 0.2) is 52.1 Å². The lowest BCUT2D eigenvalue weighted by molar-refractivity contribution is 0.601. The number of anilines is 1. The first-order valence-corrected chi connectivity index (χ1v) is 7.53. The van der Waals surface area contributed by atoms with Crippen LogP contribution in [0.4, 0.5) is 5.69 Å². The van der Waals surface area contributed by atoms with Gasteiger partial charge < -0.3 is 0 Å².